The summed E-state index contributed by atoms with van der Waals surface area (Å²) in [6, 6.07) is 0.594. The molecule has 1 N–H and O–H groups in total. The van der Waals surface area contributed by atoms with Crippen LogP contribution in [-0.2, 0) is 13.1 Å². The Hall–Kier alpha value is -0.450. The lowest BCUT2D eigenvalue weighted by molar-refractivity contribution is 0.206. The predicted molar refractivity (Wildman–Crippen MR) is 79.9 cm³/mol. The summed E-state index contributed by atoms with van der Waals surface area (Å²) in [6.07, 6.45) is 3.91. The summed E-state index contributed by atoms with van der Waals surface area (Å²) in [5.74, 6) is 0. The average molecular weight is 269 g/mol. The van der Waals surface area contributed by atoms with Gasteiger partial charge in [0.25, 0.3) is 0 Å². The number of hydrogen-bond acceptors (Lipinski definition) is 4. The van der Waals surface area contributed by atoms with Crippen molar-refractivity contribution in [2.75, 3.05) is 13.6 Å². The van der Waals surface area contributed by atoms with Crippen molar-refractivity contribution in [1.29, 1.82) is 0 Å². The van der Waals surface area contributed by atoms with Gasteiger partial charge in [0, 0.05) is 24.5 Å². The molecule has 18 heavy (non-hydrogen) atoms. The molecule has 0 saturated carbocycles. The van der Waals surface area contributed by atoms with E-state index in [9.17, 15) is 0 Å². The molecule has 4 heteroatoms. The van der Waals surface area contributed by atoms with Crippen LogP contribution in [-0.4, -0.2) is 29.5 Å². The summed E-state index contributed by atoms with van der Waals surface area (Å²) < 4.78 is 0. The molecule has 0 bridgehead atoms. The Labute approximate surface area is 116 Å². The van der Waals surface area contributed by atoms with Crippen molar-refractivity contribution < 1.29 is 0 Å². The maximum absolute atomic E-state index is 4.66. The highest BCUT2D eigenvalue weighted by atomic mass is 32.1. The molecule has 1 aromatic rings. The second-order valence-electron chi connectivity index (χ2n) is 5.03. The number of hydrogen-bond donors (Lipinski definition) is 1. The van der Waals surface area contributed by atoms with Crippen molar-refractivity contribution in [3.8, 4) is 0 Å². The third kappa shape index (κ3) is 5.46. The van der Waals surface area contributed by atoms with Gasteiger partial charge in [0.2, 0.25) is 0 Å². The topological polar surface area (TPSA) is 28.2 Å². The quantitative estimate of drug-likeness (QED) is 0.697. The van der Waals surface area contributed by atoms with Crippen molar-refractivity contribution in [3.05, 3.63) is 16.1 Å². The van der Waals surface area contributed by atoms with Gasteiger partial charge in [0.1, 0.15) is 5.01 Å². The van der Waals surface area contributed by atoms with E-state index in [0.29, 0.717) is 6.04 Å². The molecular weight excluding hydrogens is 242 g/mol. The van der Waals surface area contributed by atoms with Crippen LogP contribution in [0.5, 0.6) is 0 Å². The molecule has 3 nitrogen and oxygen atoms in total. The second kappa shape index (κ2) is 8.62. The summed E-state index contributed by atoms with van der Waals surface area (Å²) in [6.45, 7) is 9.85. The van der Waals surface area contributed by atoms with Gasteiger partial charge in [-0.2, -0.15) is 0 Å². The monoisotopic (exact) mass is 269 g/mol. The van der Waals surface area contributed by atoms with Crippen molar-refractivity contribution in [2.24, 2.45) is 0 Å². The van der Waals surface area contributed by atoms with Gasteiger partial charge in [-0.05, 0) is 33.9 Å². The highest BCUT2D eigenvalue weighted by molar-refractivity contribution is 7.09. The van der Waals surface area contributed by atoms with Crippen LogP contribution < -0.4 is 5.32 Å². The van der Waals surface area contributed by atoms with Crippen LogP contribution in [0.4, 0.5) is 0 Å². The first kappa shape index (κ1) is 15.6. The predicted octanol–water partition coefficient (Wildman–Crippen LogP) is 3.26. The SMILES string of the molecule is CCCCCN(Cc1csc(CNC)n1)C(C)C. The summed E-state index contributed by atoms with van der Waals surface area (Å²) in [7, 11) is 1.96. The van der Waals surface area contributed by atoms with E-state index in [0.717, 1.165) is 13.1 Å². The minimum atomic E-state index is 0.594. The third-order valence-electron chi connectivity index (χ3n) is 3.07. The van der Waals surface area contributed by atoms with Crippen molar-refractivity contribution in [2.45, 2.75) is 59.2 Å². The molecule has 1 aromatic heterocycles. The summed E-state index contributed by atoms with van der Waals surface area (Å²) in [5, 5.41) is 6.53. The maximum Gasteiger partial charge on any atom is 0.107 e. The van der Waals surface area contributed by atoms with E-state index in [-0.39, 0.29) is 0 Å². The number of aromatic nitrogens is 1. The Bertz CT molecular complexity index is 323. The number of thiazole rings is 1. The molecule has 0 aliphatic rings. The molecular formula is C14H27N3S. The second-order valence-corrected chi connectivity index (χ2v) is 5.98. The summed E-state index contributed by atoms with van der Waals surface area (Å²) in [5.41, 5.74) is 1.22. The van der Waals surface area contributed by atoms with Gasteiger partial charge in [-0.1, -0.05) is 19.8 Å². The van der Waals surface area contributed by atoms with Crippen molar-refractivity contribution >= 4 is 11.3 Å². The van der Waals surface area contributed by atoms with Crippen LogP contribution in [0.3, 0.4) is 0 Å². The molecule has 0 aliphatic heterocycles. The first-order chi connectivity index (χ1) is 8.67. The fourth-order valence-corrected chi connectivity index (χ4v) is 2.74. The van der Waals surface area contributed by atoms with Gasteiger partial charge >= 0.3 is 0 Å². The largest absolute Gasteiger partial charge is 0.314 e. The Morgan fingerprint density at radius 1 is 1.39 bits per heavy atom. The molecule has 104 valence electrons. The molecule has 0 fully saturated rings. The number of rotatable bonds is 9. The highest BCUT2D eigenvalue weighted by Crippen LogP contribution is 2.14. The summed E-state index contributed by atoms with van der Waals surface area (Å²) >= 11 is 1.76. The normalized spacial score (nSPS) is 11.7. The van der Waals surface area contributed by atoms with Crippen LogP contribution in [0.15, 0.2) is 5.38 Å². The van der Waals surface area contributed by atoms with Crippen LogP contribution in [0.2, 0.25) is 0 Å². The highest BCUT2D eigenvalue weighted by Gasteiger charge is 2.11. The Balaban J connectivity index is 2.48. The van der Waals surface area contributed by atoms with E-state index < -0.39 is 0 Å². The maximum atomic E-state index is 4.66. The van der Waals surface area contributed by atoms with E-state index in [2.05, 4.69) is 41.4 Å². The first-order valence-electron chi connectivity index (χ1n) is 6.99. The van der Waals surface area contributed by atoms with E-state index in [1.54, 1.807) is 11.3 Å². The lowest BCUT2D eigenvalue weighted by Gasteiger charge is -2.25. The van der Waals surface area contributed by atoms with Crippen molar-refractivity contribution in [1.82, 2.24) is 15.2 Å². The van der Waals surface area contributed by atoms with Gasteiger partial charge in [-0.25, -0.2) is 4.98 Å². The summed E-state index contributed by atoms with van der Waals surface area (Å²) in [4.78, 5) is 7.19. The molecule has 0 atom stereocenters. The van der Waals surface area contributed by atoms with Crippen LogP contribution in [0, 0.1) is 0 Å². The number of nitrogens with zero attached hydrogens (tertiary/aromatic N) is 2. The smallest absolute Gasteiger partial charge is 0.107 e. The minimum absolute atomic E-state index is 0.594. The zero-order chi connectivity index (χ0) is 13.4. The Morgan fingerprint density at radius 2 is 2.17 bits per heavy atom. The molecule has 1 heterocycles. The van der Waals surface area contributed by atoms with E-state index >= 15 is 0 Å². The van der Waals surface area contributed by atoms with E-state index in [1.807, 2.05) is 7.05 Å². The van der Waals surface area contributed by atoms with E-state index in [1.165, 1.54) is 36.5 Å². The van der Waals surface area contributed by atoms with Crippen LogP contribution in [0.1, 0.15) is 50.7 Å². The van der Waals surface area contributed by atoms with E-state index in [4.69, 9.17) is 0 Å². The van der Waals surface area contributed by atoms with Crippen LogP contribution >= 0.6 is 11.3 Å². The molecule has 0 aromatic carbocycles. The zero-order valence-electron chi connectivity index (χ0n) is 12.2. The lowest BCUT2D eigenvalue weighted by Crippen LogP contribution is -2.31. The fourth-order valence-electron chi connectivity index (χ4n) is 1.95. The lowest BCUT2D eigenvalue weighted by atomic mass is 10.2. The number of nitrogens with one attached hydrogen (secondary N) is 1. The molecule has 0 saturated heterocycles. The molecule has 0 spiro atoms. The van der Waals surface area contributed by atoms with Gasteiger partial charge in [-0.15, -0.1) is 11.3 Å². The van der Waals surface area contributed by atoms with Gasteiger partial charge in [0.05, 0.1) is 5.69 Å². The average Bonchev–Trinajstić information content (AvgIpc) is 2.76. The van der Waals surface area contributed by atoms with Crippen molar-refractivity contribution in [3.63, 3.8) is 0 Å². The standard InChI is InChI=1S/C14H27N3S/c1-5-6-7-8-17(12(2)3)10-13-11-18-14(16-13)9-15-4/h11-12,15H,5-10H2,1-4H3. The molecule has 0 radical (unpaired) electrons. The Morgan fingerprint density at radius 3 is 2.78 bits per heavy atom. The fraction of sp³-hybridized carbons (Fsp3) is 0.786. The molecule has 0 amide bonds. The van der Waals surface area contributed by atoms with Gasteiger partial charge < -0.3 is 5.32 Å². The molecule has 0 unspecified atom stereocenters. The Kier molecular flexibility index (Phi) is 7.47. The van der Waals surface area contributed by atoms with Crippen LogP contribution in [0.25, 0.3) is 0 Å². The molecule has 0 aliphatic carbocycles. The van der Waals surface area contributed by atoms with Gasteiger partial charge in [-0.3, -0.25) is 4.90 Å². The zero-order valence-corrected chi connectivity index (χ0v) is 13.0. The van der Waals surface area contributed by atoms with Gasteiger partial charge in [0.15, 0.2) is 0 Å². The number of unbranched alkanes of at least 4 members (excludes halogenated alkanes) is 2. The minimum Gasteiger partial charge on any atom is -0.314 e. The molecule has 1 rings (SSSR count). The third-order valence-corrected chi connectivity index (χ3v) is 3.97. The first-order valence-corrected chi connectivity index (χ1v) is 7.87.